The second-order valence-electron chi connectivity index (χ2n) is 19.4. The molecular formula is C52H76N2O4. The molecular weight excluding hydrogens is 717 g/mol. The number of carbonyl (C=O) groups excluding carboxylic acids is 2. The fraction of sp³-hybridized carbons (Fsp3) is 0.692. The van der Waals surface area contributed by atoms with E-state index in [9.17, 15) is 19.8 Å². The van der Waals surface area contributed by atoms with Crippen molar-refractivity contribution in [2.75, 3.05) is 31.1 Å². The first kappa shape index (κ1) is 42.8. The number of nitrogens with zero attached hydrogens (tertiary/aromatic N) is 2. The van der Waals surface area contributed by atoms with E-state index in [1.165, 1.54) is 154 Å². The largest absolute Gasteiger partial charge is 0.507 e. The molecule has 0 spiro atoms. The number of benzene rings is 1. The van der Waals surface area contributed by atoms with Crippen LogP contribution in [0.15, 0.2) is 59.0 Å². The summed E-state index contributed by atoms with van der Waals surface area (Å²) < 4.78 is 0. The summed E-state index contributed by atoms with van der Waals surface area (Å²) in [5.74, 6) is 2.79. The van der Waals surface area contributed by atoms with Gasteiger partial charge < -0.3 is 20.0 Å². The molecule has 2 N–H and O–H groups in total. The molecule has 6 heteroatoms. The first-order chi connectivity index (χ1) is 28.4. The number of aliphatic hydroxyl groups excluding tert-OH is 1. The molecule has 0 aliphatic heterocycles. The zero-order valence-electron chi connectivity index (χ0n) is 36.0. The molecule has 318 valence electrons. The number of hydrogen-bond donors (Lipinski definition) is 2. The van der Waals surface area contributed by atoms with Crippen LogP contribution in [0, 0.1) is 23.7 Å². The van der Waals surface area contributed by atoms with E-state index >= 15 is 0 Å². The normalized spacial score (nSPS) is 22.2. The molecule has 0 radical (unpaired) electrons. The summed E-state index contributed by atoms with van der Waals surface area (Å²) in [6.07, 6.45) is 42.3. The molecule has 6 nitrogen and oxygen atoms in total. The van der Waals surface area contributed by atoms with Crippen molar-refractivity contribution < 1.29 is 19.8 Å². The van der Waals surface area contributed by atoms with Gasteiger partial charge in [0.25, 0.3) is 0 Å². The summed E-state index contributed by atoms with van der Waals surface area (Å²) in [6, 6.07) is 5.56. The zero-order valence-corrected chi connectivity index (χ0v) is 36.0. The number of phenolic OH excluding ortho intramolecular Hbond substituents is 1. The van der Waals surface area contributed by atoms with E-state index in [2.05, 4.69) is 9.80 Å². The van der Waals surface area contributed by atoms with Gasteiger partial charge in [0.2, 0.25) is 5.78 Å². The van der Waals surface area contributed by atoms with Crippen molar-refractivity contribution >= 4 is 22.8 Å². The van der Waals surface area contributed by atoms with E-state index in [0.29, 0.717) is 5.56 Å². The molecule has 0 heterocycles. The molecule has 1 aromatic rings. The van der Waals surface area contributed by atoms with Gasteiger partial charge in [0.05, 0.1) is 11.1 Å². The molecule has 0 atom stereocenters. The molecule has 0 aromatic heterocycles. The van der Waals surface area contributed by atoms with Crippen molar-refractivity contribution in [1.82, 2.24) is 4.90 Å². The van der Waals surface area contributed by atoms with Crippen LogP contribution in [0.25, 0.3) is 5.57 Å². The predicted octanol–water partition coefficient (Wildman–Crippen LogP) is 13.1. The lowest BCUT2D eigenvalue weighted by molar-refractivity contribution is -0.114. The van der Waals surface area contributed by atoms with E-state index in [-0.39, 0.29) is 39.8 Å². The Hall–Kier alpha value is -3.28. The summed E-state index contributed by atoms with van der Waals surface area (Å²) >= 11 is 0. The molecule has 0 unspecified atom stereocenters. The van der Waals surface area contributed by atoms with Gasteiger partial charge in [-0.05, 0) is 73.6 Å². The van der Waals surface area contributed by atoms with Crippen molar-refractivity contribution in [3.8, 4) is 5.75 Å². The number of carbonyl (C=O) groups is 2. The first-order valence-electron chi connectivity index (χ1n) is 24.4. The van der Waals surface area contributed by atoms with Gasteiger partial charge >= 0.3 is 0 Å². The van der Waals surface area contributed by atoms with Gasteiger partial charge in [0.1, 0.15) is 11.5 Å². The summed E-state index contributed by atoms with van der Waals surface area (Å²) in [6.45, 7) is 3.79. The fourth-order valence-corrected chi connectivity index (χ4v) is 11.6. The third-order valence-corrected chi connectivity index (χ3v) is 15.2. The van der Waals surface area contributed by atoms with Gasteiger partial charge in [-0.1, -0.05) is 154 Å². The zero-order chi connectivity index (χ0) is 40.1. The number of ketones is 2. The van der Waals surface area contributed by atoms with Gasteiger partial charge in [-0.3, -0.25) is 9.59 Å². The van der Waals surface area contributed by atoms with Crippen molar-refractivity contribution in [1.29, 1.82) is 0 Å². The molecule has 6 aliphatic carbocycles. The van der Waals surface area contributed by atoms with Crippen LogP contribution >= 0.6 is 0 Å². The summed E-state index contributed by atoms with van der Waals surface area (Å²) in [5, 5.41) is 22.7. The molecule has 6 aliphatic rings. The highest BCUT2D eigenvalue weighted by molar-refractivity contribution is 6.41. The number of aliphatic hydroxyl groups is 1. The van der Waals surface area contributed by atoms with Crippen molar-refractivity contribution in [3.05, 3.63) is 64.6 Å². The minimum atomic E-state index is -0.378. The van der Waals surface area contributed by atoms with E-state index in [1.54, 1.807) is 24.3 Å². The Bertz CT molecular complexity index is 1600. The molecule has 4 saturated carbocycles. The number of rotatable bonds is 23. The van der Waals surface area contributed by atoms with Gasteiger partial charge in [-0.15, -0.1) is 0 Å². The average Bonchev–Trinajstić information content (AvgIpc) is 4.08. The fourth-order valence-electron chi connectivity index (χ4n) is 11.6. The Morgan fingerprint density at radius 3 is 1.34 bits per heavy atom. The second-order valence-corrected chi connectivity index (χ2v) is 19.4. The van der Waals surface area contributed by atoms with Crippen LogP contribution in [0.2, 0.25) is 0 Å². The Labute approximate surface area is 351 Å². The van der Waals surface area contributed by atoms with Crippen LogP contribution in [0.1, 0.15) is 185 Å². The Kier molecular flexibility index (Phi) is 16.1. The molecule has 0 bridgehead atoms. The number of unbranched alkanes of at least 4 members (excludes halogenated alkanes) is 4. The maximum absolute atomic E-state index is 13.7. The SMILES string of the molecule is O=C1C=C(N(CCCCC2CCCC2)CCCCC2CCCC2)C=C/C1=C1/C(=O)C(c2ccc(N(CCCCC3CCCC3)CCCCC3CCCC3)cc2O)=C1O. The van der Waals surface area contributed by atoms with E-state index < -0.39 is 0 Å². The maximum Gasteiger partial charge on any atom is 0.202 e. The van der Waals surface area contributed by atoms with Crippen molar-refractivity contribution in [2.45, 2.75) is 180 Å². The third kappa shape index (κ3) is 11.5. The Morgan fingerprint density at radius 2 is 0.948 bits per heavy atom. The average molecular weight is 793 g/mol. The van der Waals surface area contributed by atoms with E-state index in [4.69, 9.17) is 0 Å². The van der Waals surface area contributed by atoms with Crippen LogP contribution in [0.5, 0.6) is 5.75 Å². The number of Topliss-reactive ketones (excluding diaryl/α,β-unsaturated/α-hetero) is 1. The van der Waals surface area contributed by atoms with Gasteiger partial charge in [0.15, 0.2) is 5.78 Å². The summed E-state index contributed by atoms with van der Waals surface area (Å²) in [5.41, 5.74) is 2.64. The van der Waals surface area contributed by atoms with Gasteiger partial charge in [-0.25, -0.2) is 0 Å². The van der Waals surface area contributed by atoms with E-state index in [0.717, 1.165) is 86.9 Å². The molecule has 58 heavy (non-hydrogen) atoms. The van der Waals surface area contributed by atoms with Crippen LogP contribution in [-0.4, -0.2) is 52.9 Å². The number of allylic oxidation sites excluding steroid dienone is 6. The lowest BCUT2D eigenvalue weighted by atomic mass is 9.79. The van der Waals surface area contributed by atoms with Crippen molar-refractivity contribution in [3.63, 3.8) is 0 Å². The Morgan fingerprint density at radius 1 is 0.517 bits per heavy atom. The monoisotopic (exact) mass is 793 g/mol. The topological polar surface area (TPSA) is 81.1 Å². The quantitative estimate of drug-likeness (QED) is 0.0848. The first-order valence-corrected chi connectivity index (χ1v) is 24.4. The summed E-state index contributed by atoms with van der Waals surface area (Å²) in [7, 11) is 0. The number of aromatic hydroxyl groups is 1. The number of phenols is 1. The standard InChI is InChI=1S/C52H76N2O4/c55-47-37-43(53(33-13-9-25-39-17-1-2-18-39)34-14-10-26-40-19-3-4-20-40)29-31-45(47)49-51(57)50(52(49)58)46-32-30-44(38-48(46)56)54(35-15-11-27-41-21-5-6-22-41)36-16-12-28-42-23-7-8-24-42/h29-32,37-42,55,57H,1-28,33-36H2/b50-46-. The molecule has 1 aromatic carbocycles. The van der Waals surface area contributed by atoms with Gasteiger partial charge in [0, 0.05) is 60.8 Å². The molecule has 7 rings (SSSR count). The lowest BCUT2D eigenvalue weighted by Gasteiger charge is -2.29. The number of anilines is 1. The minimum absolute atomic E-state index is 0.00237. The maximum atomic E-state index is 13.7. The van der Waals surface area contributed by atoms with Crippen LogP contribution in [0.3, 0.4) is 0 Å². The van der Waals surface area contributed by atoms with Crippen molar-refractivity contribution in [2.24, 2.45) is 23.7 Å². The lowest BCUT2D eigenvalue weighted by Crippen LogP contribution is -2.29. The number of hydrogen-bond acceptors (Lipinski definition) is 6. The van der Waals surface area contributed by atoms with Crippen LogP contribution in [0.4, 0.5) is 5.69 Å². The van der Waals surface area contributed by atoms with Gasteiger partial charge in [-0.2, -0.15) is 0 Å². The highest BCUT2D eigenvalue weighted by Gasteiger charge is 2.40. The highest BCUT2D eigenvalue weighted by atomic mass is 16.3. The molecule has 4 fully saturated rings. The second kappa shape index (κ2) is 21.8. The predicted molar refractivity (Wildman–Crippen MR) is 239 cm³/mol. The Balaban J connectivity index is 0.987. The van der Waals surface area contributed by atoms with Crippen LogP contribution in [-0.2, 0) is 9.59 Å². The summed E-state index contributed by atoms with van der Waals surface area (Å²) in [4.78, 5) is 32.2. The van der Waals surface area contributed by atoms with E-state index in [1.807, 2.05) is 12.1 Å². The molecule has 0 amide bonds. The minimum Gasteiger partial charge on any atom is -0.507 e. The smallest absolute Gasteiger partial charge is 0.202 e. The molecule has 0 saturated heterocycles. The highest BCUT2D eigenvalue weighted by Crippen LogP contribution is 2.43. The third-order valence-electron chi connectivity index (χ3n) is 15.2. The van der Waals surface area contributed by atoms with Crippen LogP contribution < -0.4 is 4.90 Å².